The van der Waals surface area contributed by atoms with E-state index in [0.29, 0.717) is 0 Å². The highest BCUT2D eigenvalue weighted by Crippen LogP contribution is 2.05. The van der Waals surface area contributed by atoms with Gasteiger partial charge in [0.05, 0.1) is 0 Å². The van der Waals surface area contributed by atoms with Gasteiger partial charge in [0, 0.05) is 11.9 Å². The van der Waals surface area contributed by atoms with Gasteiger partial charge in [-0.05, 0) is 31.4 Å². The summed E-state index contributed by atoms with van der Waals surface area (Å²) < 4.78 is 0. The zero-order chi connectivity index (χ0) is 7.56. The van der Waals surface area contributed by atoms with E-state index in [1.165, 1.54) is 11.1 Å². The lowest BCUT2D eigenvalue weighted by Gasteiger charge is -2.00. The molecule has 10 heavy (non-hydrogen) atoms. The summed E-state index contributed by atoms with van der Waals surface area (Å²) in [7, 11) is 0. The van der Waals surface area contributed by atoms with Gasteiger partial charge in [0.1, 0.15) is 0 Å². The number of hydrogen-bond donors (Lipinski definition) is 0. The molecule has 0 radical (unpaired) electrons. The van der Waals surface area contributed by atoms with Gasteiger partial charge in [0.2, 0.25) is 0 Å². The summed E-state index contributed by atoms with van der Waals surface area (Å²) in [5.41, 5.74) is 3.75. The van der Waals surface area contributed by atoms with Crippen molar-refractivity contribution in [2.24, 2.45) is 0 Å². The molecule has 0 aromatic carbocycles. The van der Waals surface area contributed by atoms with Crippen LogP contribution >= 0.6 is 0 Å². The molecule has 1 aromatic heterocycles. The molecule has 0 unspecified atom stereocenters. The van der Waals surface area contributed by atoms with Crippen molar-refractivity contribution in [2.45, 2.75) is 27.2 Å². The number of aryl methyl sites for hydroxylation is 3. The predicted octanol–water partition coefficient (Wildman–Crippen LogP) is 2.26. The van der Waals surface area contributed by atoms with Crippen LogP contribution in [0.5, 0.6) is 0 Å². The normalized spacial score (nSPS) is 9.90. The first-order valence-corrected chi connectivity index (χ1v) is 3.66. The number of hydrogen-bond acceptors (Lipinski definition) is 1. The van der Waals surface area contributed by atoms with Crippen LogP contribution in [0, 0.1) is 13.8 Å². The van der Waals surface area contributed by atoms with Crippen molar-refractivity contribution in [1.29, 1.82) is 0 Å². The Balaban J connectivity index is 3.04. The molecule has 54 valence electrons. The predicted molar refractivity (Wildman–Crippen MR) is 43.1 cm³/mol. The minimum absolute atomic E-state index is 1.08. The minimum Gasteiger partial charge on any atom is -0.261 e. The van der Waals surface area contributed by atoms with Crippen LogP contribution in [0.25, 0.3) is 0 Å². The van der Waals surface area contributed by atoms with Crippen molar-refractivity contribution >= 4 is 0 Å². The fourth-order valence-electron chi connectivity index (χ4n) is 0.895. The topological polar surface area (TPSA) is 12.9 Å². The smallest absolute Gasteiger partial charge is 0.0401 e. The van der Waals surface area contributed by atoms with E-state index in [4.69, 9.17) is 0 Å². The molecule has 1 nitrogen and oxygen atoms in total. The lowest BCUT2D eigenvalue weighted by molar-refractivity contribution is 1.05. The Bertz CT molecular complexity index is 228. The van der Waals surface area contributed by atoms with Crippen molar-refractivity contribution in [2.75, 3.05) is 0 Å². The number of rotatable bonds is 1. The standard InChI is InChI=1S/C9H13N/c1-4-9-5-7(2)8(3)10-6-9/h5-6H,4H2,1-3H3. The molecule has 1 heterocycles. The van der Waals surface area contributed by atoms with Crippen molar-refractivity contribution < 1.29 is 0 Å². The zero-order valence-corrected chi connectivity index (χ0v) is 6.81. The van der Waals surface area contributed by atoms with Crippen molar-refractivity contribution in [3.63, 3.8) is 0 Å². The second kappa shape index (κ2) is 2.82. The molecule has 0 saturated carbocycles. The Labute approximate surface area is 62.1 Å². The molecule has 1 heteroatoms. The Kier molecular flexibility index (Phi) is 2.05. The van der Waals surface area contributed by atoms with Gasteiger partial charge >= 0.3 is 0 Å². The monoisotopic (exact) mass is 135 g/mol. The third-order valence-corrected chi connectivity index (χ3v) is 1.80. The van der Waals surface area contributed by atoms with Crippen LogP contribution in [0.1, 0.15) is 23.7 Å². The van der Waals surface area contributed by atoms with Crippen LogP contribution in [-0.4, -0.2) is 4.98 Å². The molecule has 0 aliphatic heterocycles. The Morgan fingerprint density at radius 1 is 1.40 bits per heavy atom. The molecule has 1 aromatic rings. The molecule has 0 amide bonds. The second-order valence-electron chi connectivity index (χ2n) is 2.60. The number of aromatic nitrogens is 1. The van der Waals surface area contributed by atoms with E-state index >= 15 is 0 Å². The van der Waals surface area contributed by atoms with E-state index in [0.717, 1.165) is 12.1 Å². The third kappa shape index (κ3) is 1.35. The maximum atomic E-state index is 4.25. The van der Waals surface area contributed by atoms with Gasteiger partial charge in [-0.3, -0.25) is 4.98 Å². The Hall–Kier alpha value is -0.850. The quantitative estimate of drug-likeness (QED) is 0.575. The molecule has 0 fully saturated rings. The highest BCUT2D eigenvalue weighted by Gasteiger charge is 1.93. The second-order valence-corrected chi connectivity index (χ2v) is 2.60. The molecular formula is C9H13N. The van der Waals surface area contributed by atoms with Crippen molar-refractivity contribution in [3.05, 3.63) is 29.1 Å². The van der Waals surface area contributed by atoms with Crippen LogP contribution < -0.4 is 0 Å². The highest BCUT2D eigenvalue weighted by molar-refractivity contribution is 5.22. The minimum atomic E-state index is 1.08. The molecule has 0 bridgehead atoms. The van der Waals surface area contributed by atoms with Crippen LogP contribution in [0.2, 0.25) is 0 Å². The molecule has 0 aliphatic carbocycles. The van der Waals surface area contributed by atoms with E-state index in [1.807, 2.05) is 13.1 Å². The maximum absolute atomic E-state index is 4.25. The van der Waals surface area contributed by atoms with Gasteiger partial charge in [-0.2, -0.15) is 0 Å². The van der Waals surface area contributed by atoms with Gasteiger partial charge in [-0.25, -0.2) is 0 Å². The van der Waals surface area contributed by atoms with Gasteiger partial charge in [0.15, 0.2) is 0 Å². The molecule has 0 saturated heterocycles. The van der Waals surface area contributed by atoms with Crippen LogP contribution in [-0.2, 0) is 6.42 Å². The fourth-order valence-corrected chi connectivity index (χ4v) is 0.895. The first kappa shape index (κ1) is 7.26. The number of pyridine rings is 1. The Morgan fingerprint density at radius 2 is 2.10 bits per heavy atom. The third-order valence-electron chi connectivity index (χ3n) is 1.80. The van der Waals surface area contributed by atoms with E-state index in [2.05, 4.69) is 24.9 Å². The average molecular weight is 135 g/mol. The van der Waals surface area contributed by atoms with Crippen LogP contribution in [0.4, 0.5) is 0 Å². The van der Waals surface area contributed by atoms with Crippen molar-refractivity contribution in [3.8, 4) is 0 Å². The zero-order valence-electron chi connectivity index (χ0n) is 6.81. The SMILES string of the molecule is CCc1cnc(C)c(C)c1. The lowest BCUT2D eigenvalue weighted by atomic mass is 10.1. The highest BCUT2D eigenvalue weighted by atomic mass is 14.7. The molecule has 0 aliphatic rings. The van der Waals surface area contributed by atoms with Gasteiger partial charge in [0.25, 0.3) is 0 Å². The molecule has 0 N–H and O–H groups in total. The largest absolute Gasteiger partial charge is 0.261 e. The molecular weight excluding hydrogens is 122 g/mol. The summed E-state index contributed by atoms with van der Waals surface area (Å²) in [6, 6.07) is 2.20. The maximum Gasteiger partial charge on any atom is 0.0401 e. The van der Waals surface area contributed by atoms with E-state index < -0.39 is 0 Å². The van der Waals surface area contributed by atoms with E-state index in [1.54, 1.807) is 0 Å². The molecule has 1 rings (SSSR count). The summed E-state index contributed by atoms with van der Waals surface area (Å²) in [5.74, 6) is 0. The van der Waals surface area contributed by atoms with Gasteiger partial charge < -0.3 is 0 Å². The average Bonchev–Trinajstić information content (AvgIpc) is 1.95. The summed E-state index contributed by atoms with van der Waals surface area (Å²) in [5, 5.41) is 0. The van der Waals surface area contributed by atoms with E-state index in [9.17, 15) is 0 Å². The summed E-state index contributed by atoms with van der Waals surface area (Å²) in [6.07, 6.45) is 3.02. The van der Waals surface area contributed by atoms with Crippen LogP contribution in [0.3, 0.4) is 0 Å². The Morgan fingerprint density at radius 3 is 2.60 bits per heavy atom. The summed E-state index contributed by atoms with van der Waals surface area (Å²) in [4.78, 5) is 4.25. The van der Waals surface area contributed by atoms with Gasteiger partial charge in [-0.15, -0.1) is 0 Å². The first-order chi connectivity index (χ1) is 4.74. The van der Waals surface area contributed by atoms with Gasteiger partial charge in [-0.1, -0.05) is 13.0 Å². The number of nitrogens with zero attached hydrogens (tertiary/aromatic N) is 1. The summed E-state index contributed by atoms with van der Waals surface area (Å²) >= 11 is 0. The molecule has 0 atom stereocenters. The lowest BCUT2D eigenvalue weighted by Crippen LogP contribution is -1.89. The fraction of sp³-hybridized carbons (Fsp3) is 0.444. The molecule has 0 spiro atoms. The first-order valence-electron chi connectivity index (χ1n) is 3.66. The van der Waals surface area contributed by atoms with Crippen LogP contribution in [0.15, 0.2) is 12.3 Å². The van der Waals surface area contributed by atoms with E-state index in [-0.39, 0.29) is 0 Å². The summed E-state index contributed by atoms with van der Waals surface area (Å²) in [6.45, 7) is 6.28. The van der Waals surface area contributed by atoms with Crippen molar-refractivity contribution in [1.82, 2.24) is 4.98 Å².